The van der Waals surface area contributed by atoms with Gasteiger partial charge in [-0.3, -0.25) is 9.69 Å². The molecule has 0 radical (unpaired) electrons. The van der Waals surface area contributed by atoms with Gasteiger partial charge in [0.15, 0.2) is 0 Å². The molecule has 3 aromatic rings. The topological polar surface area (TPSA) is 61.4 Å². The van der Waals surface area contributed by atoms with Crippen LogP contribution in [0.2, 0.25) is 0 Å². The second kappa shape index (κ2) is 7.85. The number of fused-ring (bicyclic) bond motifs is 1. The summed E-state index contributed by atoms with van der Waals surface area (Å²) in [6.07, 6.45) is 1.64. The molecule has 0 aliphatic carbocycles. The average molecular weight is 396 g/mol. The van der Waals surface area contributed by atoms with Gasteiger partial charge in [-0.25, -0.2) is 9.97 Å². The molecule has 0 saturated carbocycles. The van der Waals surface area contributed by atoms with E-state index in [0.717, 1.165) is 59.0 Å². The molecule has 1 aliphatic heterocycles. The number of nitrogens with one attached hydrogen (secondary N) is 1. The fourth-order valence-electron chi connectivity index (χ4n) is 3.76. The van der Waals surface area contributed by atoms with E-state index in [1.54, 1.807) is 17.7 Å². The fourth-order valence-corrected chi connectivity index (χ4v) is 4.48. The first kappa shape index (κ1) is 18.8. The summed E-state index contributed by atoms with van der Waals surface area (Å²) in [6.45, 7) is 9.40. The summed E-state index contributed by atoms with van der Waals surface area (Å²) in [7, 11) is 0. The van der Waals surface area contributed by atoms with E-state index in [-0.39, 0.29) is 11.9 Å². The van der Waals surface area contributed by atoms with E-state index in [2.05, 4.69) is 36.5 Å². The first-order chi connectivity index (χ1) is 13.5. The summed E-state index contributed by atoms with van der Waals surface area (Å²) >= 11 is 1.64. The van der Waals surface area contributed by atoms with Crippen LogP contribution in [-0.2, 0) is 4.79 Å². The third-order valence-corrected chi connectivity index (χ3v) is 6.33. The van der Waals surface area contributed by atoms with Gasteiger partial charge >= 0.3 is 0 Å². The summed E-state index contributed by atoms with van der Waals surface area (Å²) in [5.41, 5.74) is 3.11. The largest absolute Gasteiger partial charge is 0.353 e. The first-order valence-electron chi connectivity index (χ1n) is 9.59. The minimum absolute atomic E-state index is 0.0492. The van der Waals surface area contributed by atoms with E-state index in [1.165, 1.54) is 0 Å². The number of hydrogen-bond donors (Lipinski definition) is 1. The molecular weight excluding hydrogens is 370 g/mol. The molecule has 0 spiro atoms. The average Bonchev–Trinajstić information content (AvgIpc) is 3.19. The van der Waals surface area contributed by atoms with Gasteiger partial charge in [0.25, 0.3) is 0 Å². The summed E-state index contributed by atoms with van der Waals surface area (Å²) < 4.78 is 0. The molecule has 1 aliphatic rings. The zero-order valence-electron chi connectivity index (χ0n) is 16.5. The van der Waals surface area contributed by atoms with Crippen molar-refractivity contribution in [1.29, 1.82) is 0 Å². The summed E-state index contributed by atoms with van der Waals surface area (Å²) in [5.74, 6) is 1.05. The molecule has 6 nitrogen and oxygen atoms in total. The number of rotatable bonds is 4. The summed E-state index contributed by atoms with van der Waals surface area (Å²) in [4.78, 5) is 27.2. The van der Waals surface area contributed by atoms with Gasteiger partial charge in [-0.05, 0) is 43.3 Å². The number of aryl methyl sites for hydroxylation is 2. The molecule has 1 amide bonds. The van der Waals surface area contributed by atoms with Crippen LogP contribution in [0.3, 0.4) is 0 Å². The van der Waals surface area contributed by atoms with E-state index >= 15 is 0 Å². The Labute approximate surface area is 169 Å². The van der Waals surface area contributed by atoms with Gasteiger partial charge in [-0.1, -0.05) is 18.2 Å². The normalized spacial score (nSPS) is 16.3. The van der Waals surface area contributed by atoms with Crippen LogP contribution in [-0.4, -0.2) is 53.0 Å². The smallest absolute Gasteiger partial charge is 0.241 e. The Morgan fingerprint density at radius 1 is 1.11 bits per heavy atom. The molecule has 1 N–H and O–H groups in total. The van der Waals surface area contributed by atoms with Crippen molar-refractivity contribution in [2.45, 2.75) is 26.8 Å². The number of aromatic nitrogens is 2. The standard InChI is InChI=1S/C21H25N5OS/c1-14-5-4-6-15(2)18(14)24-20(27)16(3)25-8-10-26(11-9-25)19-17-7-12-28-21(17)23-13-22-19/h4-7,12-13,16H,8-11H2,1-3H3,(H,24,27). The SMILES string of the molecule is Cc1cccc(C)c1NC(=O)C(C)N1CCN(c2ncnc3sccc23)CC1. The third kappa shape index (κ3) is 3.59. The van der Waals surface area contributed by atoms with Crippen molar-refractivity contribution in [3.63, 3.8) is 0 Å². The zero-order valence-corrected chi connectivity index (χ0v) is 17.3. The van der Waals surface area contributed by atoms with Crippen molar-refractivity contribution in [3.8, 4) is 0 Å². The number of nitrogens with zero attached hydrogens (tertiary/aromatic N) is 4. The van der Waals surface area contributed by atoms with Gasteiger partial charge < -0.3 is 10.2 Å². The highest BCUT2D eigenvalue weighted by atomic mass is 32.1. The van der Waals surface area contributed by atoms with Gasteiger partial charge in [0.2, 0.25) is 5.91 Å². The molecule has 1 aromatic carbocycles. The molecule has 28 heavy (non-hydrogen) atoms. The minimum atomic E-state index is -0.173. The van der Waals surface area contributed by atoms with Crippen LogP contribution in [0.1, 0.15) is 18.1 Å². The highest BCUT2D eigenvalue weighted by Gasteiger charge is 2.27. The lowest BCUT2D eigenvalue weighted by Crippen LogP contribution is -2.53. The fraction of sp³-hybridized carbons (Fsp3) is 0.381. The molecule has 1 atom stereocenters. The number of piperazine rings is 1. The van der Waals surface area contributed by atoms with E-state index in [1.807, 2.05) is 39.0 Å². The van der Waals surface area contributed by atoms with Gasteiger partial charge in [0.1, 0.15) is 17.0 Å². The molecule has 7 heteroatoms. The van der Waals surface area contributed by atoms with Gasteiger partial charge in [0.05, 0.1) is 11.4 Å². The van der Waals surface area contributed by atoms with Crippen LogP contribution >= 0.6 is 11.3 Å². The Balaban J connectivity index is 1.40. The van der Waals surface area contributed by atoms with E-state index in [9.17, 15) is 4.79 Å². The Bertz CT molecular complexity index is 973. The Morgan fingerprint density at radius 3 is 2.54 bits per heavy atom. The van der Waals surface area contributed by atoms with Crippen LogP contribution in [0.5, 0.6) is 0 Å². The van der Waals surface area contributed by atoms with Crippen molar-refractivity contribution in [2.24, 2.45) is 0 Å². The van der Waals surface area contributed by atoms with Crippen molar-refractivity contribution in [1.82, 2.24) is 14.9 Å². The molecule has 146 valence electrons. The van der Waals surface area contributed by atoms with Crippen molar-refractivity contribution >= 4 is 39.0 Å². The first-order valence-corrected chi connectivity index (χ1v) is 10.5. The van der Waals surface area contributed by atoms with E-state index < -0.39 is 0 Å². The number of carbonyl (C=O) groups is 1. The number of benzene rings is 1. The van der Waals surface area contributed by atoms with Gasteiger partial charge in [-0.15, -0.1) is 11.3 Å². The summed E-state index contributed by atoms with van der Waals surface area (Å²) in [5, 5.41) is 6.29. The highest BCUT2D eigenvalue weighted by Crippen LogP contribution is 2.27. The molecule has 1 saturated heterocycles. The molecule has 0 bridgehead atoms. The zero-order chi connectivity index (χ0) is 19.7. The second-order valence-corrected chi connectivity index (χ2v) is 8.19. The maximum absolute atomic E-state index is 12.8. The Morgan fingerprint density at radius 2 is 1.82 bits per heavy atom. The maximum Gasteiger partial charge on any atom is 0.241 e. The molecular formula is C21H25N5OS. The van der Waals surface area contributed by atoms with E-state index in [4.69, 9.17) is 0 Å². The highest BCUT2D eigenvalue weighted by molar-refractivity contribution is 7.16. The second-order valence-electron chi connectivity index (χ2n) is 7.29. The lowest BCUT2D eigenvalue weighted by Gasteiger charge is -2.38. The van der Waals surface area contributed by atoms with Crippen LogP contribution < -0.4 is 10.2 Å². The molecule has 3 heterocycles. The Kier molecular flexibility index (Phi) is 5.28. The number of amides is 1. The van der Waals surface area contributed by atoms with Crippen LogP contribution in [0.15, 0.2) is 36.0 Å². The predicted molar refractivity (Wildman–Crippen MR) is 115 cm³/mol. The number of carbonyl (C=O) groups excluding carboxylic acids is 1. The van der Waals surface area contributed by atoms with Crippen molar-refractivity contribution in [3.05, 3.63) is 47.1 Å². The third-order valence-electron chi connectivity index (χ3n) is 5.51. The van der Waals surface area contributed by atoms with E-state index in [0.29, 0.717) is 0 Å². The van der Waals surface area contributed by atoms with Crippen LogP contribution in [0.4, 0.5) is 11.5 Å². The minimum Gasteiger partial charge on any atom is -0.353 e. The number of anilines is 2. The summed E-state index contributed by atoms with van der Waals surface area (Å²) in [6, 6.07) is 7.98. The van der Waals surface area contributed by atoms with Gasteiger partial charge in [-0.2, -0.15) is 0 Å². The van der Waals surface area contributed by atoms with Gasteiger partial charge in [0, 0.05) is 31.9 Å². The lowest BCUT2D eigenvalue weighted by atomic mass is 10.1. The quantitative estimate of drug-likeness (QED) is 0.733. The molecule has 1 fully saturated rings. The van der Waals surface area contributed by atoms with Crippen molar-refractivity contribution < 1.29 is 4.79 Å². The monoisotopic (exact) mass is 395 g/mol. The lowest BCUT2D eigenvalue weighted by molar-refractivity contribution is -0.120. The maximum atomic E-state index is 12.8. The molecule has 1 unspecified atom stereocenters. The predicted octanol–water partition coefficient (Wildman–Crippen LogP) is 3.46. The van der Waals surface area contributed by atoms with Crippen LogP contribution in [0.25, 0.3) is 10.2 Å². The molecule has 2 aromatic heterocycles. The number of thiophene rings is 1. The Hall–Kier alpha value is -2.51. The number of hydrogen-bond acceptors (Lipinski definition) is 6. The molecule has 4 rings (SSSR count). The van der Waals surface area contributed by atoms with Crippen molar-refractivity contribution in [2.75, 3.05) is 36.4 Å². The number of para-hydroxylation sites is 1. The van der Waals surface area contributed by atoms with Crippen LogP contribution in [0, 0.1) is 13.8 Å².